The van der Waals surface area contributed by atoms with Gasteiger partial charge in [0, 0.05) is 13.2 Å². The molecule has 0 saturated heterocycles. The van der Waals surface area contributed by atoms with Crippen LogP contribution in [0.25, 0.3) is 17.1 Å². The van der Waals surface area contributed by atoms with Crippen LogP contribution in [0.5, 0.6) is 0 Å². The first kappa shape index (κ1) is 13.5. The summed E-state index contributed by atoms with van der Waals surface area (Å²) in [5.74, 6) is 0.376. The van der Waals surface area contributed by atoms with Crippen LogP contribution in [0.4, 0.5) is 0 Å². The summed E-state index contributed by atoms with van der Waals surface area (Å²) in [6.45, 7) is 0. The molecule has 0 aliphatic rings. The van der Waals surface area contributed by atoms with E-state index >= 15 is 0 Å². The monoisotopic (exact) mass is 304 g/mol. The van der Waals surface area contributed by atoms with Crippen molar-refractivity contribution in [1.82, 2.24) is 24.5 Å². The molecule has 0 bridgehead atoms. The van der Waals surface area contributed by atoms with Gasteiger partial charge in [0.25, 0.3) is 15.2 Å². The van der Waals surface area contributed by atoms with Crippen molar-refractivity contribution in [3.63, 3.8) is 0 Å². The molecule has 21 heavy (non-hydrogen) atoms. The third kappa shape index (κ3) is 2.43. The van der Waals surface area contributed by atoms with Gasteiger partial charge in [-0.1, -0.05) is 18.2 Å². The molecule has 0 fully saturated rings. The van der Waals surface area contributed by atoms with Crippen molar-refractivity contribution in [1.29, 1.82) is 0 Å². The molecule has 0 aliphatic heterocycles. The van der Waals surface area contributed by atoms with Crippen LogP contribution in [0.3, 0.4) is 0 Å². The van der Waals surface area contributed by atoms with Crippen molar-refractivity contribution >= 4 is 10.0 Å². The van der Waals surface area contributed by atoms with E-state index in [0.717, 1.165) is 5.69 Å². The quantitative estimate of drug-likeness (QED) is 0.749. The van der Waals surface area contributed by atoms with E-state index in [9.17, 15) is 8.42 Å². The lowest BCUT2D eigenvalue weighted by Crippen LogP contribution is -2.17. The van der Waals surface area contributed by atoms with E-state index < -0.39 is 10.0 Å². The van der Waals surface area contributed by atoms with Crippen LogP contribution in [0.2, 0.25) is 0 Å². The first-order valence-electron chi connectivity index (χ1n) is 5.99. The minimum Gasteiger partial charge on any atom is -0.300 e. The molecule has 0 atom stereocenters. The van der Waals surface area contributed by atoms with Crippen LogP contribution in [-0.2, 0) is 17.1 Å². The number of primary sulfonamides is 1. The lowest BCUT2D eigenvalue weighted by molar-refractivity contribution is 0.580. The van der Waals surface area contributed by atoms with Crippen LogP contribution in [-0.4, -0.2) is 33.0 Å². The van der Waals surface area contributed by atoms with Gasteiger partial charge in [0.2, 0.25) is 0 Å². The van der Waals surface area contributed by atoms with Gasteiger partial charge in [-0.05, 0) is 12.1 Å². The summed E-state index contributed by atoms with van der Waals surface area (Å²) in [5, 5.41) is 16.5. The molecule has 8 nitrogen and oxygen atoms in total. The summed E-state index contributed by atoms with van der Waals surface area (Å²) in [6.07, 6.45) is 3.33. The Bertz CT molecular complexity index is 882. The van der Waals surface area contributed by atoms with Crippen molar-refractivity contribution in [2.24, 2.45) is 12.2 Å². The number of para-hydroxylation sites is 1. The van der Waals surface area contributed by atoms with Crippen LogP contribution in [0.15, 0.2) is 47.9 Å². The standard InChI is InChI=1S/C12H12N6O2S/c1-17-11(15-16-12(17)21(13,19)20)9-7-14-18(8-9)10-5-3-2-4-6-10/h2-8H,1H3,(H2,13,19,20). The molecule has 0 radical (unpaired) electrons. The van der Waals surface area contributed by atoms with Gasteiger partial charge < -0.3 is 0 Å². The van der Waals surface area contributed by atoms with E-state index in [1.54, 1.807) is 17.1 Å². The van der Waals surface area contributed by atoms with E-state index in [1.165, 1.54) is 11.6 Å². The lowest BCUT2D eigenvalue weighted by Gasteiger charge is -2.00. The number of hydrogen-bond acceptors (Lipinski definition) is 5. The first-order valence-corrected chi connectivity index (χ1v) is 7.54. The summed E-state index contributed by atoms with van der Waals surface area (Å²) in [6, 6.07) is 9.53. The van der Waals surface area contributed by atoms with E-state index in [0.29, 0.717) is 11.4 Å². The topological polar surface area (TPSA) is 109 Å². The van der Waals surface area contributed by atoms with Gasteiger partial charge in [-0.25, -0.2) is 18.2 Å². The molecule has 3 aromatic rings. The highest BCUT2D eigenvalue weighted by Crippen LogP contribution is 2.19. The van der Waals surface area contributed by atoms with Gasteiger partial charge in [-0.15, -0.1) is 10.2 Å². The number of nitrogens with zero attached hydrogens (tertiary/aromatic N) is 5. The first-order chi connectivity index (χ1) is 9.97. The second kappa shape index (κ2) is 4.79. The molecule has 1 aromatic carbocycles. The molecule has 0 unspecified atom stereocenters. The summed E-state index contributed by atoms with van der Waals surface area (Å²) in [7, 11) is -2.37. The maximum Gasteiger partial charge on any atom is 0.273 e. The zero-order chi connectivity index (χ0) is 15.0. The van der Waals surface area contributed by atoms with Crippen molar-refractivity contribution in [2.45, 2.75) is 5.16 Å². The van der Waals surface area contributed by atoms with Crippen LogP contribution >= 0.6 is 0 Å². The Kier molecular flexibility index (Phi) is 3.07. The van der Waals surface area contributed by atoms with Crippen molar-refractivity contribution in [2.75, 3.05) is 0 Å². The molecule has 9 heteroatoms. The molecule has 3 rings (SSSR count). The Hall–Kier alpha value is -2.52. The van der Waals surface area contributed by atoms with Gasteiger partial charge in [0.15, 0.2) is 5.82 Å². The van der Waals surface area contributed by atoms with Gasteiger partial charge in [-0.3, -0.25) is 4.57 Å². The molecule has 2 heterocycles. The van der Waals surface area contributed by atoms with Gasteiger partial charge in [-0.2, -0.15) is 5.10 Å². The summed E-state index contributed by atoms with van der Waals surface area (Å²) in [4.78, 5) is 0. The lowest BCUT2D eigenvalue weighted by atomic mass is 10.3. The molecule has 2 aromatic heterocycles. The third-order valence-corrected chi connectivity index (χ3v) is 3.82. The highest BCUT2D eigenvalue weighted by atomic mass is 32.2. The summed E-state index contributed by atoms with van der Waals surface area (Å²) in [5.41, 5.74) is 1.53. The third-order valence-electron chi connectivity index (χ3n) is 2.95. The average molecular weight is 304 g/mol. The van der Waals surface area contributed by atoms with Gasteiger partial charge in [0.05, 0.1) is 17.4 Å². The van der Waals surface area contributed by atoms with Crippen LogP contribution in [0.1, 0.15) is 0 Å². The normalized spacial score (nSPS) is 11.7. The number of hydrogen-bond donors (Lipinski definition) is 1. The number of benzene rings is 1. The molecule has 0 saturated carbocycles. The predicted molar refractivity (Wildman–Crippen MR) is 74.9 cm³/mol. The van der Waals surface area contributed by atoms with Gasteiger partial charge in [0.1, 0.15) is 0 Å². The molecule has 108 valence electrons. The average Bonchev–Trinajstić information content (AvgIpc) is 3.05. The predicted octanol–water partition coefficient (Wildman–Crippen LogP) is 0.315. The molecular formula is C12H12N6O2S. The fourth-order valence-corrected chi connectivity index (χ4v) is 2.60. The highest BCUT2D eigenvalue weighted by Gasteiger charge is 2.20. The molecule has 0 spiro atoms. The smallest absolute Gasteiger partial charge is 0.273 e. The fourth-order valence-electron chi connectivity index (χ4n) is 1.97. The van der Waals surface area contributed by atoms with Crippen molar-refractivity contribution in [3.8, 4) is 17.1 Å². The van der Waals surface area contributed by atoms with Crippen molar-refractivity contribution < 1.29 is 8.42 Å². The van der Waals surface area contributed by atoms with E-state index in [2.05, 4.69) is 15.3 Å². The van der Waals surface area contributed by atoms with Gasteiger partial charge >= 0.3 is 0 Å². The second-order valence-electron chi connectivity index (χ2n) is 4.42. The Labute approximate surface area is 120 Å². The van der Waals surface area contributed by atoms with E-state index in [-0.39, 0.29) is 5.16 Å². The molecular weight excluding hydrogens is 292 g/mol. The minimum absolute atomic E-state index is 0.287. The van der Waals surface area contributed by atoms with E-state index in [4.69, 9.17) is 5.14 Å². The summed E-state index contributed by atoms with van der Waals surface area (Å²) >= 11 is 0. The fraction of sp³-hybridized carbons (Fsp3) is 0.0833. The maximum atomic E-state index is 11.4. The Morgan fingerprint density at radius 1 is 1.14 bits per heavy atom. The van der Waals surface area contributed by atoms with E-state index in [1.807, 2.05) is 30.3 Å². The van der Waals surface area contributed by atoms with Crippen LogP contribution < -0.4 is 5.14 Å². The highest BCUT2D eigenvalue weighted by molar-refractivity contribution is 7.89. The molecule has 0 aliphatic carbocycles. The SMILES string of the molecule is Cn1c(-c2cnn(-c3ccccc3)c2)nnc1S(N)(=O)=O. The second-order valence-corrected chi connectivity index (χ2v) is 5.87. The minimum atomic E-state index is -3.90. The Morgan fingerprint density at radius 2 is 1.86 bits per heavy atom. The zero-order valence-electron chi connectivity index (χ0n) is 11.1. The zero-order valence-corrected chi connectivity index (χ0v) is 11.9. The number of rotatable bonds is 3. The number of sulfonamides is 1. The molecule has 2 N–H and O–H groups in total. The number of nitrogens with two attached hydrogens (primary N) is 1. The summed E-state index contributed by atoms with van der Waals surface area (Å²) < 4.78 is 25.7. The maximum absolute atomic E-state index is 11.4. The molecule has 0 amide bonds. The van der Waals surface area contributed by atoms with Crippen LogP contribution in [0, 0.1) is 0 Å². The van der Waals surface area contributed by atoms with Crippen molar-refractivity contribution in [3.05, 3.63) is 42.7 Å². The Morgan fingerprint density at radius 3 is 2.48 bits per heavy atom. The number of aromatic nitrogens is 5. The Balaban J connectivity index is 2.04. The largest absolute Gasteiger partial charge is 0.300 e.